The van der Waals surface area contributed by atoms with E-state index in [1.54, 1.807) is 0 Å². The number of hydrogen-bond donors (Lipinski definition) is 2. The summed E-state index contributed by atoms with van der Waals surface area (Å²) in [6, 6.07) is 5.25. The number of amides is 1. The molecule has 0 aliphatic rings. The number of carbonyl (C=O) groups excluding carboxylic acids is 1. The van der Waals surface area contributed by atoms with Gasteiger partial charge in [0.05, 0.1) is 6.54 Å². The van der Waals surface area contributed by atoms with Crippen LogP contribution in [0.1, 0.15) is 37.2 Å². The number of rotatable bonds is 6. The molecule has 1 aromatic heterocycles. The highest BCUT2D eigenvalue weighted by molar-refractivity contribution is 5.81. The molecule has 1 amide bonds. The molecule has 1 atom stereocenters. The van der Waals surface area contributed by atoms with Gasteiger partial charge in [0.25, 0.3) is 5.91 Å². The first-order chi connectivity index (χ1) is 10.5. The Kier molecular flexibility index (Phi) is 5.21. The van der Waals surface area contributed by atoms with E-state index in [2.05, 4.69) is 15.5 Å². The van der Waals surface area contributed by atoms with Crippen molar-refractivity contribution in [3.8, 4) is 0 Å². The molecule has 0 saturated carbocycles. The summed E-state index contributed by atoms with van der Waals surface area (Å²) >= 11 is 0. The standard InChI is InChI=1S/C15H18FN3O3/c1-9(2)6-12-18-13(22-19-12)8-17-15(21)14(20)10-4-3-5-11(16)7-10/h3-5,7,9,14,20H,6,8H2,1-2H3,(H,17,21). The van der Waals surface area contributed by atoms with Gasteiger partial charge >= 0.3 is 0 Å². The number of halogens is 1. The van der Waals surface area contributed by atoms with Crippen molar-refractivity contribution in [1.29, 1.82) is 0 Å². The number of aliphatic hydroxyl groups excluding tert-OH is 1. The molecule has 1 unspecified atom stereocenters. The highest BCUT2D eigenvalue weighted by Crippen LogP contribution is 2.14. The second-order valence-electron chi connectivity index (χ2n) is 5.38. The lowest BCUT2D eigenvalue weighted by Gasteiger charge is -2.10. The van der Waals surface area contributed by atoms with E-state index in [0.29, 0.717) is 18.2 Å². The van der Waals surface area contributed by atoms with Crippen molar-refractivity contribution in [2.24, 2.45) is 5.92 Å². The molecule has 2 rings (SSSR count). The first-order valence-corrected chi connectivity index (χ1v) is 6.98. The van der Waals surface area contributed by atoms with Crippen molar-refractivity contribution in [3.05, 3.63) is 47.4 Å². The first-order valence-electron chi connectivity index (χ1n) is 6.98. The summed E-state index contributed by atoms with van der Waals surface area (Å²) in [5.41, 5.74) is 0.184. The molecule has 0 spiro atoms. The van der Waals surface area contributed by atoms with Crippen molar-refractivity contribution in [2.45, 2.75) is 32.9 Å². The van der Waals surface area contributed by atoms with Gasteiger partial charge in [-0.2, -0.15) is 4.98 Å². The minimum atomic E-state index is -1.45. The SMILES string of the molecule is CC(C)Cc1noc(CNC(=O)C(O)c2cccc(F)c2)n1. The fourth-order valence-corrected chi connectivity index (χ4v) is 1.90. The van der Waals surface area contributed by atoms with Crippen LogP contribution in [0.3, 0.4) is 0 Å². The van der Waals surface area contributed by atoms with Gasteiger partial charge < -0.3 is 14.9 Å². The van der Waals surface area contributed by atoms with E-state index in [9.17, 15) is 14.3 Å². The van der Waals surface area contributed by atoms with Crippen LogP contribution in [0.15, 0.2) is 28.8 Å². The second-order valence-corrected chi connectivity index (χ2v) is 5.38. The number of aliphatic hydroxyl groups is 1. The average Bonchev–Trinajstić information content (AvgIpc) is 2.90. The van der Waals surface area contributed by atoms with Gasteiger partial charge in [0.1, 0.15) is 5.82 Å². The van der Waals surface area contributed by atoms with Crippen LogP contribution < -0.4 is 5.32 Å². The van der Waals surface area contributed by atoms with Crippen molar-refractivity contribution >= 4 is 5.91 Å². The van der Waals surface area contributed by atoms with Crippen LogP contribution in [0.2, 0.25) is 0 Å². The summed E-state index contributed by atoms with van der Waals surface area (Å²) in [4.78, 5) is 16.0. The molecule has 1 aromatic carbocycles. The molecule has 0 radical (unpaired) electrons. The van der Waals surface area contributed by atoms with Crippen molar-refractivity contribution < 1.29 is 18.8 Å². The van der Waals surface area contributed by atoms with Gasteiger partial charge in [-0.05, 0) is 23.6 Å². The predicted octanol–water partition coefficient (Wildman–Crippen LogP) is 1.76. The molecular weight excluding hydrogens is 289 g/mol. The van der Waals surface area contributed by atoms with Crippen LogP contribution in [0.25, 0.3) is 0 Å². The number of nitrogens with zero attached hydrogens (tertiary/aromatic N) is 2. The number of carbonyl (C=O) groups is 1. The normalized spacial score (nSPS) is 12.4. The molecule has 22 heavy (non-hydrogen) atoms. The predicted molar refractivity (Wildman–Crippen MR) is 76.0 cm³/mol. The first kappa shape index (κ1) is 16.1. The van der Waals surface area contributed by atoms with E-state index < -0.39 is 17.8 Å². The van der Waals surface area contributed by atoms with E-state index in [1.807, 2.05) is 13.8 Å². The summed E-state index contributed by atoms with van der Waals surface area (Å²) in [7, 11) is 0. The number of aromatic nitrogens is 2. The quantitative estimate of drug-likeness (QED) is 0.849. The third-order valence-electron chi connectivity index (χ3n) is 2.93. The summed E-state index contributed by atoms with van der Waals surface area (Å²) in [6.07, 6.45) is -0.766. The maximum atomic E-state index is 13.1. The fourth-order valence-electron chi connectivity index (χ4n) is 1.90. The van der Waals surface area contributed by atoms with E-state index in [1.165, 1.54) is 18.2 Å². The Bertz CT molecular complexity index is 642. The minimum absolute atomic E-state index is 0.0102. The molecule has 0 aliphatic carbocycles. The second kappa shape index (κ2) is 7.13. The van der Waals surface area contributed by atoms with Gasteiger partial charge in [-0.1, -0.05) is 31.1 Å². The van der Waals surface area contributed by atoms with Crippen LogP contribution >= 0.6 is 0 Å². The Morgan fingerprint density at radius 2 is 2.23 bits per heavy atom. The summed E-state index contributed by atoms with van der Waals surface area (Å²) in [6.45, 7) is 4.08. The molecule has 1 heterocycles. The maximum absolute atomic E-state index is 13.1. The number of hydrogen-bond acceptors (Lipinski definition) is 5. The molecule has 7 heteroatoms. The van der Waals surface area contributed by atoms with Crippen LogP contribution in [-0.2, 0) is 17.8 Å². The Morgan fingerprint density at radius 1 is 1.45 bits per heavy atom. The topological polar surface area (TPSA) is 88.2 Å². The molecular formula is C15H18FN3O3. The molecule has 2 N–H and O–H groups in total. The monoisotopic (exact) mass is 307 g/mol. The maximum Gasteiger partial charge on any atom is 0.253 e. The molecule has 6 nitrogen and oxygen atoms in total. The van der Waals surface area contributed by atoms with Crippen LogP contribution in [0.5, 0.6) is 0 Å². The highest BCUT2D eigenvalue weighted by Gasteiger charge is 2.18. The van der Waals surface area contributed by atoms with Crippen LogP contribution in [0, 0.1) is 11.7 Å². The largest absolute Gasteiger partial charge is 0.378 e. The molecule has 0 bridgehead atoms. The van der Waals surface area contributed by atoms with E-state index in [-0.39, 0.29) is 18.0 Å². The van der Waals surface area contributed by atoms with Gasteiger partial charge in [-0.3, -0.25) is 4.79 Å². The van der Waals surface area contributed by atoms with E-state index >= 15 is 0 Å². The Hall–Kier alpha value is -2.28. The zero-order chi connectivity index (χ0) is 16.1. The van der Waals surface area contributed by atoms with Gasteiger partial charge in [-0.25, -0.2) is 4.39 Å². The fraction of sp³-hybridized carbons (Fsp3) is 0.400. The molecule has 118 valence electrons. The third-order valence-corrected chi connectivity index (χ3v) is 2.93. The summed E-state index contributed by atoms with van der Waals surface area (Å²) < 4.78 is 18.1. The number of nitrogens with one attached hydrogen (secondary N) is 1. The third kappa shape index (κ3) is 4.36. The summed E-state index contributed by atoms with van der Waals surface area (Å²) in [5, 5.41) is 16.1. The lowest BCUT2D eigenvalue weighted by Crippen LogP contribution is -2.29. The van der Waals surface area contributed by atoms with Gasteiger partial charge in [0.2, 0.25) is 5.89 Å². The smallest absolute Gasteiger partial charge is 0.253 e. The highest BCUT2D eigenvalue weighted by atomic mass is 19.1. The molecule has 0 fully saturated rings. The van der Waals surface area contributed by atoms with Gasteiger partial charge in [0, 0.05) is 6.42 Å². The molecule has 0 aliphatic heterocycles. The lowest BCUT2D eigenvalue weighted by molar-refractivity contribution is -0.129. The van der Waals surface area contributed by atoms with Gasteiger partial charge in [-0.15, -0.1) is 0 Å². The molecule has 0 saturated heterocycles. The van der Waals surface area contributed by atoms with Crippen LogP contribution in [0.4, 0.5) is 4.39 Å². The van der Waals surface area contributed by atoms with Crippen molar-refractivity contribution in [3.63, 3.8) is 0 Å². The van der Waals surface area contributed by atoms with Gasteiger partial charge in [0.15, 0.2) is 11.9 Å². The molecule has 2 aromatic rings. The number of benzene rings is 1. The van der Waals surface area contributed by atoms with E-state index in [4.69, 9.17) is 4.52 Å². The zero-order valence-corrected chi connectivity index (χ0v) is 12.4. The van der Waals surface area contributed by atoms with Crippen LogP contribution in [-0.4, -0.2) is 21.2 Å². The Labute approximate surface area is 127 Å². The van der Waals surface area contributed by atoms with E-state index in [0.717, 1.165) is 6.07 Å². The minimum Gasteiger partial charge on any atom is -0.378 e. The zero-order valence-electron chi connectivity index (χ0n) is 12.4. The Balaban J connectivity index is 1.90. The average molecular weight is 307 g/mol. The lowest BCUT2D eigenvalue weighted by atomic mass is 10.1. The Morgan fingerprint density at radius 3 is 2.91 bits per heavy atom. The van der Waals surface area contributed by atoms with Crippen molar-refractivity contribution in [1.82, 2.24) is 15.5 Å². The summed E-state index contributed by atoms with van der Waals surface area (Å²) in [5.74, 6) is 0.0593. The van der Waals surface area contributed by atoms with Crippen molar-refractivity contribution in [2.75, 3.05) is 0 Å².